The van der Waals surface area contributed by atoms with Crippen LogP contribution in [-0.2, 0) is 6.42 Å². The quantitative estimate of drug-likeness (QED) is 0.122. The summed E-state index contributed by atoms with van der Waals surface area (Å²) in [6.45, 7) is 4.44. The molecule has 57 heavy (non-hydrogen) atoms. The van der Waals surface area contributed by atoms with E-state index in [-0.39, 0.29) is 0 Å². The summed E-state index contributed by atoms with van der Waals surface area (Å²) in [6.07, 6.45) is 11.5. The fourth-order valence-electron chi connectivity index (χ4n) is 9.47. The van der Waals surface area contributed by atoms with E-state index in [1.807, 2.05) is 11.3 Å². The number of hydrogen-bond donors (Lipinski definition) is 0. The molecule has 0 bridgehead atoms. The number of hydrogen-bond acceptors (Lipinski definition) is 1. The van der Waals surface area contributed by atoms with Crippen LogP contribution in [0, 0.1) is 0 Å². The van der Waals surface area contributed by atoms with Gasteiger partial charge >= 0.3 is 0 Å². The van der Waals surface area contributed by atoms with Gasteiger partial charge in [0.05, 0.1) is 0 Å². The molecule has 1 aromatic heterocycles. The Morgan fingerprint density at radius 2 is 1.05 bits per heavy atom. The van der Waals surface area contributed by atoms with E-state index in [9.17, 15) is 0 Å². The molecule has 0 spiro atoms. The molecule has 0 saturated heterocycles. The molecule has 0 N–H and O–H groups in total. The van der Waals surface area contributed by atoms with E-state index >= 15 is 0 Å². The molecule has 9 aromatic carbocycles. The first kappa shape index (κ1) is 33.8. The molecule has 1 aliphatic carbocycles. The number of aryl methyl sites for hydroxylation is 1. The molecular formula is C56H40S. The van der Waals surface area contributed by atoms with Crippen LogP contribution < -0.4 is 0 Å². The Morgan fingerprint density at radius 1 is 0.491 bits per heavy atom. The average Bonchev–Trinajstić information content (AvgIpc) is 3.67. The van der Waals surface area contributed by atoms with Gasteiger partial charge in [-0.2, -0.15) is 0 Å². The predicted octanol–water partition coefficient (Wildman–Crippen LogP) is 16.5. The molecule has 0 fully saturated rings. The number of allylic oxidation sites excluding steroid dienone is 5. The van der Waals surface area contributed by atoms with Crippen molar-refractivity contribution in [3.8, 4) is 21.6 Å². The van der Waals surface area contributed by atoms with E-state index < -0.39 is 0 Å². The maximum absolute atomic E-state index is 2.43. The van der Waals surface area contributed by atoms with Crippen LogP contribution in [0.15, 0.2) is 176 Å². The van der Waals surface area contributed by atoms with Crippen LogP contribution in [0.25, 0.3) is 103 Å². The van der Waals surface area contributed by atoms with Crippen LogP contribution in [0.3, 0.4) is 0 Å². The summed E-state index contributed by atoms with van der Waals surface area (Å²) in [5, 5.41) is 15.8. The highest BCUT2D eigenvalue weighted by Crippen LogP contribution is 2.45. The minimum atomic E-state index is 1.09. The number of rotatable bonds is 5. The highest BCUT2D eigenvalue weighted by Gasteiger charge is 2.18. The second-order valence-electron chi connectivity index (χ2n) is 15.4. The standard InChI is InChI=1S/C56H40S/c1-3-36(31-35(2)37-27-29-49-45-21-6-4-17-41(45)43-19-8-10-23-47(43)53(49)33-37)55-51-25-12-13-26-52(51)56(57-55)40-16-14-15-38(32-40)39-28-30-50-46-22-7-5-18-42(46)44-20-9-11-24-48(44)54(50)34-39/h3-5,7-20,22-34H,6,21H2,1-2H3. The Bertz CT molecular complexity index is 3330. The van der Waals surface area contributed by atoms with Gasteiger partial charge in [0.1, 0.15) is 0 Å². The fraction of sp³-hybridized carbons (Fsp3) is 0.0714. The van der Waals surface area contributed by atoms with Crippen LogP contribution in [0.4, 0.5) is 0 Å². The second kappa shape index (κ2) is 13.6. The summed E-state index contributed by atoms with van der Waals surface area (Å²) >= 11 is 1.91. The van der Waals surface area contributed by atoms with E-state index in [2.05, 4.69) is 196 Å². The van der Waals surface area contributed by atoms with Crippen molar-refractivity contribution >= 4 is 93.2 Å². The van der Waals surface area contributed by atoms with Crippen LogP contribution in [0.1, 0.15) is 41.8 Å². The van der Waals surface area contributed by atoms with E-state index in [1.165, 1.54) is 119 Å². The molecule has 1 aliphatic rings. The lowest BCUT2D eigenvalue weighted by Gasteiger charge is -2.18. The van der Waals surface area contributed by atoms with Gasteiger partial charge in [-0.25, -0.2) is 0 Å². The Balaban J connectivity index is 0.998. The number of thiophene rings is 1. The van der Waals surface area contributed by atoms with Crippen molar-refractivity contribution in [1.82, 2.24) is 0 Å². The normalized spacial score (nSPS) is 13.4. The van der Waals surface area contributed by atoms with Gasteiger partial charge in [-0.3, -0.25) is 0 Å². The van der Waals surface area contributed by atoms with Crippen molar-refractivity contribution < 1.29 is 0 Å². The molecule has 0 unspecified atom stereocenters. The molecule has 11 rings (SSSR count). The Kier molecular flexibility index (Phi) is 8.05. The fourth-order valence-corrected chi connectivity index (χ4v) is 10.8. The van der Waals surface area contributed by atoms with Gasteiger partial charge in [0.2, 0.25) is 0 Å². The second-order valence-corrected chi connectivity index (χ2v) is 16.5. The molecule has 0 radical (unpaired) electrons. The molecule has 0 nitrogen and oxygen atoms in total. The summed E-state index contributed by atoms with van der Waals surface area (Å²) in [6, 6.07) is 58.8. The highest BCUT2D eigenvalue weighted by molar-refractivity contribution is 7.18. The van der Waals surface area contributed by atoms with Gasteiger partial charge in [0.25, 0.3) is 0 Å². The summed E-state index contributed by atoms with van der Waals surface area (Å²) < 4.78 is 0. The first-order valence-corrected chi connectivity index (χ1v) is 20.9. The van der Waals surface area contributed by atoms with Crippen molar-refractivity contribution in [2.24, 2.45) is 0 Å². The summed E-state index contributed by atoms with van der Waals surface area (Å²) in [7, 11) is 0. The van der Waals surface area contributed by atoms with Crippen molar-refractivity contribution in [1.29, 1.82) is 0 Å². The molecule has 0 aliphatic heterocycles. The maximum atomic E-state index is 2.43. The minimum absolute atomic E-state index is 1.09. The Labute approximate surface area is 337 Å². The topological polar surface area (TPSA) is 0 Å². The molecule has 0 saturated carbocycles. The van der Waals surface area contributed by atoms with Crippen molar-refractivity contribution in [3.63, 3.8) is 0 Å². The van der Waals surface area contributed by atoms with E-state index in [0.29, 0.717) is 0 Å². The lowest BCUT2D eigenvalue weighted by atomic mass is 9.86. The maximum Gasteiger partial charge on any atom is 0.0428 e. The van der Waals surface area contributed by atoms with Gasteiger partial charge < -0.3 is 0 Å². The summed E-state index contributed by atoms with van der Waals surface area (Å²) in [5.41, 5.74) is 10.4. The molecule has 0 atom stereocenters. The SMILES string of the molecule is CC=C(C=C(C)c1ccc2c3c(c4ccccc4c2c1)C=CCC3)c1sc(-c2cccc(-c3ccc4c5ccccc5c5ccccc5c4c3)c2)c2ccccc12. The monoisotopic (exact) mass is 744 g/mol. The summed E-state index contributed by atoms with van der Waals surface area (Å²) in [5.74, 6) is 0. The van der Waals surface area contributed by atoms with Crippen LogP contribution >= 0.6 is 11.3 Å². The first-order valence-electron chi connectivity index (χ1n) is 20.1. The van der Waals surface area contributed by atoms with Crippen LogP contribution in [0.2, 0.25) is 0 Å². The first-order chi connectivity index (χ1) is 28.1. The van der Waals surface area contributed by atoms with Gasteiger partial charge in [0.15, 0.2) is 0 Å². The van der Waals surface area contributed by atoms with Crippen LogP contribution in [-0.4, -0.2) is 0 Å². The lowest BCUT2D eigenvalue weighted by molar-refractivity contribution is 1.00. The smallest absolute Gasteiger partial charge is 0.0428 e. The molecular weight excluding hydrogens is 705 g/mol. The van der Waals surface area contributed by atoms with E-state index in [4.69, 9.17) is 0 Å². The molecule has 270 valence electrons. The minimum Gasteiger partial charge on any atom is -0.134 e. The molecule has 0 amide bonds. The largest absolute Gasteiger partial charge is 0.134 e. The van der Waals surface area contributed by atoms with E-state index in [0.717, 1.165) is 12.8 Å². The third kappa shape index (κ3) is 5.49. The third-order valence-electron chi connectivity index (χ3n) is 12.2. The van der Waals surface area contributed by atoms with E-state index in [1.54, 1.807) is 0 Å². The lowest BCUT2D eigenvalue weighted by Crippen LogP contribution is -1.98. The predicted molar refractivity (Wildman–Crippen MR) is 251 cm³/mol. The van der Waals surface area contributed by atoms with Crippen molar-refractivity contribution in [2.45, 2.75) is 26.7 Å². The van der Waals surface area contributed by atoms with Gasteiger partial charge in [-0.05, 0) is 143 Å². The number of benzene rings is 9. The zero-order valence-electron chi connectivity index (χ0n) is 32.1. The molecule has 10 aromatic rings. The highest BCUT2D eigenvalue weighted by atomic mass is 32.1. The Hall–Kier alpha value is -6.54. The number of fused-ring (bicyclic) bond motifs is 13. The van der Waals surface area contributed by atoms with Gasteiger partial charge in [-0.15, -0.1) is 11.3 Å². The zero-order valence-corrected chi connectivity index (χ0v) is 33.0. The van der Waals surface area contributed by atoms with Crippen molar-refractivity contribution in [2.75, 3.05) is 0 Å². The third-order valence-corrected chi connectivity index (χ3v) is 13.6. The summed E-state index contributed by atoms with van der Waals surface area (Å²) in [4.78, 5) is 2.62. The Morgan fingerprint density at radius 3 is 1.77 bits per heavy atom. The molecule has 1 heterocycles. The van der Waals surface area contributed by atoms with Crippen molar-refractivity contribution in [3.05, 3.63) is 198 Å². The van der Waals surface area contributed by atoms with Crippen LogP contribution in [0.5, 0.6) is 0 Å². The molecule has 1 heteroatoms. The zero-order chi connectivity index (χ0) is 38.0. The average molecular weight is 745 g/mol. The van der Waals surface area contributed by atoms with Gasteiger partial charge in [0, 0.05) is 20.5 Å². The van der Waals surface area contributed by atoms with Gasteiger partial charge in [-0.1, -0.05) is 164 Å².